The van der Waals surface area contributed by atoms with Gasteiger partial charge in [-0.25, -0.2) is 9.63 Å². The minimum Gasteiger partial charge on any atom is -0.477 e. The van der Waals surface area contributed by atoms with Gasteiger partial charge in [0, 0.05) is 0 Å². The monoisotopic (exact) mass is 424 g/mol. The van der Waals surface area contributed by atoms with Crippen LogP contribution in [0.2, 0.25) is 0 Å². The molecule has 1 aromatic carbocycles. The van der Waals surface area contributed by atoms with Crippen LogP contribution in [0.15, 0.2) is 43.2 Å². The Labute approximate surface area is 132 Å². The van der Waals surface area contributed by atoms with Crippen LogP contribution >= 0.6 is 31.9 Å². The molecule has 1 aromatic rings. The lowest BCUT2D eigenvalue weighted by Crippen LogP contribution is -2.18. The first-order valence-corrected chi connectivity index (χ1v) is 8.21. The normalized spacial score (nSPS) is 13.2. The van der Waals surface area contributed by atoms with Crippen LogP contribution in [0.4, 0.5) is 0 Å². The maximum Gasteiger partial charge on any atom is 0.344 e. The molecule has 0 aliphatic carbocycles. The number of nitrogens with one attached hydrogen (secondary N) is 1. The Morgan fingerprint density at radius 3 is 2.35 bits per heavy atom. The summed E-state index contributed by atoms with van der Waals surface area (Å²) in [5.74, 6) is -1.20. The molecule has 0 spiro atoms. The number of rotatable bonds is 5. The lowest BCUT2D eigenvalue weighted by molar-refractivity contribution is -0.131. The quantitative estimate of drug-likeness (QED) is 0.430. The highest BCUT2D eigenvalue weighted by Gasteiger charge is 2.12. The number of carboxylic acid groups (broad SMARTS) is 1. The SMILES string of the molecule is Cc1ccc(S(=O)(=O)NN=CC(Br)=C(Br)C(=O)O)cc1. The van der Waals surface area contributed by atoms with Crippen molar-refractivity contribution in [2.45, 2.75) is 11.8 Å². The first kappa shape index (κ1) is 16.9. The summed E-state index contributed by atoms with van der Waals surface area (Å²) in [6, 6.07) is 6.22. The molecule has 1 rings (SSSR count). The highest BCUT2D eigenvalue weighted by atomic mass is 79.9. The highest BCUT2D eigenvalue weighted by Crippen LogP contribution is 2.16. The lowest BCUT2D eigenvalue weighted by Gasteiger charge is -2.03. The summed E-state index contributed by atoms with van der Waals surface area (Å²) in [7, 11) is -3.77. The molecule has 0 amide bonds. The number of benzene rings is 1. The zero-order valence-corrected chi connectivity index (χ0v) is 14.2. The molecule has 108 valence electrons. The first-order valence-electron chi connectivity index (χ1n) is 5.14. The largest absolute Gasteiger partial charge is 0.477 e. The molecule has 6 nitrogen and oxygen atoms in total. The standard InChI is InChI=1S/C11H10Br2N2O4S/c1-7-2-4-8(5-3-7)20(18,19)15-14-6-9(12)10(13)11(16)17/h2-6,15H,1H3,(H,16,17). The van der Waals surface area contributed by atoms with Crippen molar-refractivity contribution < 1.29 is 18.3 Å². The van der Waals surface area contributed by atoms with Crippen LogP contribution in [0.5, 0.6) is 0 Å². The summed E-state index contributed by atoms with van der Waals surface area (Å²) in [5, 5.41) is 12.2. The Bertz CT molecular complexity index is 666. The van der Waals surface area contributed by atoms with Crippen LogP contribution in [0.1, 0.15) is 5.56 Å². The highest BCUT2D eigenvalue weighted by molar-refractivity contribution is 9.14. The maximum absolute atomic E-state index is 11.8. The van der Waals surface area contributed by atoms with Crippen molar-refractivity contribution in [2.75, 3.05) is 0 Å². The molecule has 2 N–H and O–H groups in total. The predicted octanol–water partition coefficient (Wildman–Crippen LogP) is 2.35. The summed E-state index contributed by atoms with van der Waals surface area (Å²) in [5.41, 5.74) is 0.934. The predicted molar refractivity (Wildman–Crippen MR) is 82.5 cm³/mol. The van der Waals surface area contributed by atoms with Gasteiger partial charge in [-0.05, 0) is 50.9 Å². The van der Waals surface area contributed by atoms with E-state index in [1.165, 1.54) is 12.1 Å². The third kappa shape index (κ3) is 4.73. The van der Waals surface area contributed by atoms with Crippen molar-refractivity contribution in [3.05, 3.63) is 38.8 Å². The number of hydrogen-bond donors (Lipinski definition) is 2. The smallest absolute Gasteiger partial charge is 0.344 e. The van der Waals surface area contributed by atoms with E-state index in [2.05, 4.69) is 37.0 Å². The van der Waals surface area contributed by atoms with E-state index in [1.807, 2.05) is 11.8 Å². The molecule has 0 bridgehead atoms. The zero-order valence-electron chi connectivity index (χ0n) is 10.2. The van der Waals surface area contributed by atoms with Gasteiger partial charge in [-0.2, -0.15) is 13.5 Å². The summed E-state index contributed by atoms with van der Waals surface area (Å²) in [6.45, 7) is 1.84. The van der Waals surface area contributed by atoms with Crippen LogP contribution in [-0.4, -0.2) is 25.7 Å². The molecule has 0 radical (unpaired) electrons. The Morgan fingerprint density at radius 2 is 1.85 bits per heavy atom. The van der Waals surface area contributed by atoms with Crippen molar-refractivity contribution >= 4 is 54.1 Å². The second-order valence-corrected chi connectivity index (χ2v) is 6.94. The van der Waals surface area contributed by atoms with Crippen molar-refractivity contribution in [3.8, 4) is 0 Å². The van der Waals surface area contributed by atoms with Gasteiger partial charge >= 0.3 is 5.97 Å². The Balaban J connectivity index is 2.86. The summed E-state index contributed by atoms with van der Waals surface area (Å²) >= 11 is 5.75. The lowest BCUT2D eigenvalue weighted by atomic mass is 10.2. The van der Waals surface area contributed by atoms with Crippen LogP contribution in [0, 0.1) is 6.92 Å². The number of hydrogen-bond acceptors (Lipinski definition) is 4. The topological polar surface area (TPSA) is 95.8 Å². The number of aryl methyl sites for hydroxylation is 1. The Hall–Kier alpha value is -1.19. The third-order valence-corrected chi connectivity index (χ3v) is 5.22. The molecule has 0 heterocycles. The van der Waals surface area contributed by atoms with Gasteiger partial charge in [0.1, 0.15) is 4.48 Å². The van der Waals surface area contributed by atoms with Crippen LogP contribution in [-0.2, 0) is 14.8 Å². The van der Waals surface area contributed by atoms with Gasteiger partial charge in [0.05, 0.1) is 15.6 Å². The van der Waals surface area contributed by atoms with E-state index in [4.69, 9.17) is 5.11 Å². The molecule has 0 saturated heterocycles. The average Bonchev–Trinajstić information content (AvgIpc) is 2.37. The van der Waals surface area contributed by atoms with Crippen molar-refractivity contribution in [1.29, 1.82) is 0 Å². The van der Waals surface area contributed by atoms with E-state index in [0.29, 0.717) is 0 Å². The first-order chi connectivity index (χ1) is 9.24. The summed E-state index contributed by atoms with van der Waals surface area (Å²) < 4.78 is 23.6. The number of aliphatic carboxylic acids is 1. The zero-order chi connectivity index (χ0) is 15.3. The molecule has 0 saturated carbocycles. The Morgan fingerprint density at radius 1 is 1.30 bits per heavy atom. The third-order valence-electron chi connectivity index (χ3n) is 2.08. The number of halogens is 2. The van der Waals surface area contributed by atoms with Gasteiger partial charge in [-0.15, -0.1) is 0 Å². The molecule has 0 unspecified atom stereocenters. The Kier molecular flexibility index (Phi) is 5.90. The molecule has 0 atom stereocenters. The van der Waals surface area contributed by atoms with Gasteiger partial charge in [0.25, 0.3) is 10.0 Å². The maximum atomic E-state index is 11.8. The minimum absolute atomic E-state index is 0.0673. The van der Waals surface area contributed by atoms with Crippen LogP contribution in [0.25, 0.3) is 0 Å². The number of carboxylic acids is 1. The van der Waals surface area contributed by atoms with E-state index < -0.39 is 16.0 Å². The van der Waals surface area contributed by atoms with Gasteiger partial charge < -0.3 is 5.11 Å². The number of allylic oxidation sites excluding steroid dienone is 1. The summed E-state index contributed by atoms with van der Waals surface area (Å²) in [6.07, 6.45) is 1.03. The van der Waals surface area contributed by atoms with Gasteiger partial charge in [0.15, 0.2) is 0 Å². The second kappa shape index (κ2) is 7.00. The van der Waals surface area contributed by atoms with Crippen molar-refractivity contribution in [2.24, 2.45) is 5.10 Å². The van der Waals surface area contributed by atoms with Crippen molar-refractivity contribution in [3.63, 3.8) is 0 Å². The fourth-order valence-corrected chi connectivity index (χ4v) is 2.25. The number of sulfonamides is 1. The van der Waals surface area contributed by atoms with E-state index in [1.54, 1.807) is 12.1 Å². The summed E-state index contributed by atoms with van der Waals surface area (Å²) in [4.78, 5) is 12.7. The fraction of sp³-hybridized carbons (Fsp3) is 0.0909. The van der Waals surface area contributed by atoms with E-state index >= 15 is 0 Å². The molecule has 20 heavy (non-hydrogen) atoms. The molecule has 0 fully saturated rings. The minimum atomic E-state index is -3.77. The van der Waals surface area contributed by atoms with Crippen molar-refractivity contribution in [1.82, 2.24) is 4.83 Å². The molecular formula is C11H10Br2N2O4S. The average molecular weight is 426 g/mol. The van der Waals surface area contributed by atoms with Gasteiger partial charge in [0.2, 0.25) is 0 Å². The molecule has 0 aromatic heterocycles. The van der Waals surface area contributed by atoms with Crippen LogP contribution < -0.4 is 4.83 Å². The van der Waals surface area contributed by atoms with E-state index in [9.17, 15) is 13.2 Å². The van der Waals surface area contributed by atoms with E-state index in [-0.39, 0.29) is 13.9 Å². The van der Waals surface area contributed by atoms with Gasteiger partial charge in [-0.3, -0.25) is 0 Å². The van der Waals surface area contributed by atoms with E-state index in [0.717, 1.165) is 11.8 Å². The molecular weight excluding hydrogens is 416 g/mol. The van der Waals surface area contributed by atoms with Gasteiger partial charge in [-0.1, -0.05) is 17.7 Å². The molecule has 0 aliphatic rings. The van der Waals surface area contributed by atoms with Crippen LogP contribution in [0.3, 0.4) is 0 Å². The number of nitrogens with zero attached hydrogens (tertiary/aromatic N) is 1. The molecule has 0 aliphatic heterocycles. The number of hydrazone groups is 1. The fourth-order valence-electron chi connectivity index (χ4n) is 1.08. The second-order valence-electron chi connectivity index (χ2n) is 3.63. The molecule has 9 heteroatoms. The number of carbonyl (C=O) groups is 1.